The maximum Gasteiger partial charge on any atom is 0.267 e. The van der Waals surface area contributed by atoms with E-state index in [-0.39, 0.29) is 11.8 Å². The topological polar surface area (TPSA) is 84.0 Å². The summed E-state index contributed by atoms with van der Waals surface area (Å²) in [6.07, 6.45) is 4.63. The molecule has 0 atom stereocenters. The zero-order valence-electron chi connectivity index (χ0n) is 15.5. The molecule has 0 saturated heterocycles. The number of halogens is 1. The second-order valence-corrected chi connectivity index (χ2v) is 7.67. The molecule has 4 rings (SSSR count). The molecule has 2 heterocycles. The van der Waals surface area contributed by atoms with Gasteiger partial charge in [-0.2, -0.15) is 0 Å². The molecule has 2 N–H and O–H groups in total. The monoisotopic (exact) mass is 434 g/mol. The summed E-state index contributed by atoms with van der Waals surface area (Å²) in [6.45, 7) is 0. The van der Waals surface area contributed by atoms with Crippen LogP contribution in [0.4, 0.5) is 11.4 Å². The molecule has 2 amide bonds. The number of amides is 2. The van der Waals surface area contributed by atoms with Gasteiger partial charge in [-0.15, -0.1) is 11.3 Å². The summed E-state index contributed by atoms with van der Waals surface area (Å²) in [6, 6.07) is 17.5. The van der Waals surface area contributed by atoms with Gasteiger partial charge in [0.25, 0.3) is 11.8 Å². The van der Waals surface area contributed by atoms with Gasteiger partial charge in [0.05, 0.1) is 11.2 Å². The van der Waals surface area contributed by atoms with Gasteiger partial charge in [-0.25, -0.2) is 4.98 Å². The second kappa shape index (κ2) is 8.86. The van der Waals surface area contributed by atoms with Crippen LogP contribution in [0.15, 0.2) is 79.3 Å². The van der Waals surface area contributed by atoms with Crippen molar-refractivity contribution in [1.82, 2.24) is 9.97 Å². The SMILES string of the molecule is O=C(Nc1cccc(NC(=O)c2cnc(-c3ccccc3Cl)s2)c1)c1ccncc1. The lowest BCUT2D eigenvalue weighted by atomic mass is 10.2. The van der Waals surface area contributed by atoms with E-state index in [1.54, 1.807) is 54.9 Å². The summed E-state index contributed by atoms with van der Waals surface area (Å²) in [5, 5.41) is 6.88. The third kappa shape index (κ3) is 4.53. The third-order valence-electron chi connectivity index (χ3n) is 4.15. The average Bonchev–Trinajstić information content (AvgIpc) is 3.25. The highest BCUT2D eigenvalue weighted by Gasteiger charge is 2.14. The molecule has 4 aromatic rings. The van der Waals surface area contributed by atoms with Gasteiger partial charge in [0.2, 0.25) is 0 Å². The van der Waals surface area contributed by atoms with Gasteiger partial charge in [0.15, 0.2) is 0 Å². The number of aromatic nitrogens is 2. The Balaban J connectivity index is 1.46. The number of anilines is 2. The predicted octanol–water partition coefficient (Wildman–Crippen LogP) is 5.36. The number of nitrogens with zero attached hydrogens (tertiary/aromatic N) is 2. The fraction of sp³-hybridized carbons (Fsp3) is 0. The number of nitrogens with one attached hydrogen (secondary N) is 2. The number of carbonyl (C=O) groups is 2. The molecule has 0 radical (unpaired) electrons. The van der Waals surface area contributed by atoms with Crippen LogP contribution in [0.3, 0.4) is 0 Å². The molecule has 0 unspecified atom stereocenters. The van der Waals surface area contributed by atoms with Crippen LogP contribution in [0.5, 0.6) is 0 Å². The van der Waals surface area contributed by atoms with Crippen molar-refractivity contribution in [2.45, 2.75) is 0 Å². The molecule has 0 saturated carbocycles. The number of carbonyl (C=O) groups excluding carboxylic acids is 2. The largest absolute Gasteiger partial charge is 0.322 e. The minimum Gasteiger partial charge on any atom is -0.322 e. The summed E-state index contributed by atoms with van der Waals surface area (Å²) >= 11 is 7.47. The lowest BCUT2D eigenvalue weighted by Gasteiger charge is -2.08. The quantitative estimate of drug-likeness (QED) is 0.442. The Morgan fingerprint density at radius 3 is 2.30 bits per heavy atom. The third-order valence-corrected chi connectivity index (χ3v) is 5.51. The van der Waals surface area contributed by atoms with Crippen molar-refractivity contribution in [3.05, 3.63) is 94.7 Å². The second-order valence-electron chi connectivity index (χ2n) is 6.23. The van der Waals surface area contributed by atoms with Gasteiger partial charge in [0, 0.05) is 34.9 Å². The first-order chi connectivity index (χ1) is 14.6. The molecule has 0 fully saturated rings. The molecule has 6 nitrogen and oxygen atoms in total. The van der Waals surface area contributed by atoms with Crippen molar-refractivity contribution in [3.8, 4) is 10.6 Å². The molecule has 0 bridgehead atoms. The first-order valence-electron chi connectivity index (χ1n) is 8.94. The van der Waals surface area contributed by atoms with E-state index in [1.165, 1.54) is 17.5 Å². The Kier molecular flexibility index (Phi) is 5.83. The smallest absolute Gasteiger partial charge is 0.267 e. The van der Waals surface area contributed by atoms with Crippen LogP contribution < -0.4 is 10.6 Å². The van der Waals surface area contributed by atoms with Crippen molar-refractivity contribution in [2.24, 2.45) is 0 Å². The van der Waals surface area contributed by atoms with Crippen LogP contribution in [0.2, 0.25) is 5.02 Å². The Hall–Kier alpha value is -3.55. The van der Waals surface area contributed by atoms with Gasteiger partial charge in [-0.1, -0.05) is 35.9 Å². The highest BCUT2D eigenvalue weighted by Crippen LogP contribution is 2.31. The molecule has 8 heteroatoms. The number of rotatable bonds is 5. The summed E-state index contributed by atoms with van der Waals surface area (Å²) < 4.78 is 0. The van der Waals surface area contributed by atoms with E-state index in [2.05, 4.69) is 20.6 Å². The summed E-state index contributed by atoms with van der Waals surface area (Å²) in [5.41, 5.74) is 2.40. The van der Waals surface area contributed by atoms with Crippen LogP contribution in [-0.4, -0.2) is 21.8 Å². The van der Waals surface area contributed by atoms with E-state index in [9.17, 15) is 9.59 Å². The van der Waals surface area contributed by atoms with Gasteiger partial charge in [0.1, 0.15) is 9.88 Å². The maximum atomic E-state index is 12.6. The summed E-state index contributed by atoms with van der Waals surface area (Å²) in [5.74, 6) is -0.545. The Labute approximate surface area is 181 Å². The Bertz CT molecular complexity index is 1210. The van der Waals surface area contributed by atoms with Crippen LogP contribution >= 0.6 is 22.9 Å². The van der Waals surface area contributed by atoms with Crippen LogP contribution in [-0.2, 0) is 0 Å². The number of benzene rings is 2. The Morgan fingerprint density at radius 2 is 1.57 bits per heavy atom. The van der Waals surface area contributed by atoms with Gasteiger partial charge >= 0.3 is 0 Å². The summed E-state index contributed by atoms with van der Waals surface area (Å²) in [4.78, 5) is 33.6. The molecule has 0 aliphatic carbocycles. The molecular formula is C22H15ClN4O2S. The zero-order chi connectivity index (χ0) is 20.9. The lowest BCUT2D eigenvalue weighted by Crippen LogP contribution is -2.13. The fourth-order valence-electron chi connectivity index (χ4n) is 2.71. The molecule has 148 valence electrons. The molecule has 0 aliphatic rings. The Morgan fingerprint density at radius 1 is 0.867 bits per heavy atom. The molecule has 0 aliphatic heterocycles. The van der Waals surface area contributed by atoms with E-state index in [4.69, 9.17) is 11.6 Å². The van der Waals surface area contributed by atoms with Crippen molar-refractivity contribution >= 4 is 46.1 Å². The van der Waals surface area contributed by atoms with Gasteiger partial charge < -0.3 is 10.6 Å². The molecular weight excluding hydrogens is 420 g/mol. The first-order valence-corrected chi connectivity index (χ1v) is 10.1. The van der Waals surface area contributed by atoms with Crippen molar-refractivity contribution < 1.29 is 9.59 Å². The summed E-state index contributed by atoms with van der Waals surface area (Å²) in [7, 11) is 0. The highest BCUT2D eigenvalue weighted by atomic mass is 35.5. The predicted molar refractivity (Wildman–Crippen MR) is 119 cm³/mol. The van der Waals surface area contributed by atoms with Gasteiger partial charge in [-0.3, -0.25) is 14.6 Å². The van der Waals surface area contributed by atoms with E-state index in [1.807, 2.05) is 18.2 Å². The van der Waals surface area contributed by atoms with Crippen LogP contribution in [0.25, 0.3) is 10.6 Å². The number of hydrogen-bond donors (Lipinski definition) is 2. The van der Waals surface area contributed by atoms with Crippen molar-refractivity contribution in [2.75, 3.05) is 10.6 Å². The van der Waals surface area contributed by atoms with Crippen LogP contribution in [0, 0.1) is 0 Å². The zero-order valence-corrected chi connectivity index (χ0v) is 17.1. The molecule has 2 aromatic carbocycles. The normalized spacial score (nSPS) is 10.4. The highest BCUT2D eigenvalue weighted by molar-refractivity contribution is 7.17. The minimum absolute atomic E-state index is 0.257. The van der Waals surface area contributed by atoms with E-state index in [0.717, 1.165) is 5.56 Å². The first kappa shape index (κ1) is 19.8. The molecule has 30 heavy (non-hydrogen) atoms. The maximum absolute atomic E-state index is 12.6. The van der Waals surface area contributed by atoms with E-state index >= 15 is 0 Å². The lowest BCUT2D eigenvalue weighted by molar-refractivity contribution is 0.102. The molecule has 2 aromatic heterocycles. The number of pyridine rings is 1. The fourth-order valence-corrected chi connectivity index (χ4v) is 3.84. The minimum atomic E-state index is -0.289. The van der Waals surface area contributed by atoms with E-state index in [0.29, 0.717) is 31.8 Å². The number of thiazole rings is 1. The average molecular weight is 435 g/mol. The van der Waals surface area contributed by atoms with Crippen molar-refractivity contribution in [1.29, 1.82) is 0 Å². The number of hydrogen-bond acceptors (Lipinski definition) is 5. The molecule has 0 spiro atoms. The van der Waals surface area contributed by atoms with Crippen LogP contribution in [0.1, 0.15) is 20.0 Å². The standard InChI is InChI=1S/C22H15ClN4O2S/c23-18-7-2-1-6-17(18)22-25-13-19(30-22)21(29)27-16-5-3-4-15(12-16)26-20(28)14-8-10-24-11-9-14/h1-13H,(H,26,28)(H,27,29). The van der Waals surface area contributed by atoms with Gasteiger partial charge in [-0.05, 0) is 36.4 Å². The van der Waals surface area contributed by atoms with Crippen molar-refractivity contribution in [3.63, 3.8) is 0 Å². The van der Waals surface area contributed by atoms with E-state index < -0.39 is 0 Å².